The van der Waals surface area contributed by atoms with Gasteiger partial charge in [0.2, 0.25) is 0 Å². The van der Waals surface area contributed by atoms with Crippen LogP contribution in [0, 0.1) is 0 Å². The van der Waals surface area contributed by atoms with E-state index in [1.54, 1.807) is 43.6 Å². The van der Waals surface area contributed by atoms with Gasteiger partial charge in [-0.1, -0.05) is 12.1 Å². The molecule has 164 valence electrons. The van der Waals surface area contributed by atoms with E-state index in [0.717, 1.165) is 17.5 Å². The summed E-state index contributed by atoms with van der Waals surface area (Å²) in [7, 11) is -3.77. The van der Waals surface area contributed by atoms with Gasteiger partial charge in [-0.15, -0.1) is 0 Å². The first-order chi connectivity index (χ1) is 14.7. The Bertz CT molecular complexity index is 1220. The highest BCUT2D eigenvalue weighted by Crippen LogP contribution is 2.24. The van der Waals surface area contributed by atoms with E-state index in [2.05, 4.69) is 15.2 Å². The average molecular weight is 446 g/mol. The minimum atomic E-state index is -3.77. The molecule has 2 heterocycles. The Morgan fingerprint density at radius 3 is 2.35 bits per heavy atom. The van der Waals surface area contributed by atoms with Gasteiger partial charge in [-0.25, -0.2) is 13.4 Å². The van der Waals surface area contributed by atoms with Crippen LogP contribution in [0.2, 0.25) is 0 Å². The van der Waals surface area contributed by atoms with Gasteiger partial charge in [0, 0.05) is 24.4 Å². The summed E-state index contributed by atoms with van der Waals surface area (Å²) < 4.78 is 28.9. The Morgan fingerprint density at radius 1 is 1.16 bits per heavy atom. The Morgan fingerprint density at radius 2 is 1.81 bits per heavy atom. The number of rotatable bonds is 8. The summed E-state index contributed by atoms with van der Waals surface area (Å²) in [6.07, 6.45) is 5.36. The van der Waals surface area contributed by atoms with Crippen LogP contribution >= 0.6 is 0 Å². The molecule has 1 atom stereocenters. The maximum Gasteiger partial charge on any atom is 0.327 e. The first-order valence-corrected chi connectivity index (χ1v) is 11.5. The summed E-state index contributed by atoms with van der Waals surface area (Å²) in [5.41, 5.74) is 1.61. The topological polar surface area (TPSA) is 126 Å². The normalized spacial score (nSPS) is 13.5. The van der Waals surface area contributed by atoms with Gasteiger partial charge in [0.25, 0.3) is 5.56 Å². The fourth-order valence-electron chi connectivity index (χ4n) is 2.92. The third-order valence-electron chi connectivity index (χ3n) is 5.05. The Balaban J connectivity index is 1.79. The van der Waals surface area contributed by atoms with Crippen LogP contribution in [0.1, 0.15) is 20.3 Å². The van der Waals surface area contributed by atoms with Crippen molar-refractivity contribution in [2.45, 2.75) is 31.6 Å². The molecule has 31 heavy (non-hydrogen) atoms. The monoisotopic (exact) mass is 445 g/mol. The molecule has 0 fully saturated rings. The van der Waals surface area contributed by atoms with Crippen LogP contribution in [0.25, 0.3) is 16.9 Å². The number of sulfone groups is 1. The molecular weight excluding hydrogens is 422 g/mol. The van der Waals surface area contributed by atoms with Crippen LogP contribution in [-0.4, -0.2) is 56.5 Å². The molecule has 11 heteroatoms. The van der Waals surface area contributed by atoms with Gasteiger partial charge in [-0.2, -0.15) is 15.0 Å². The van der Waals surface area contributed by atoms with Crippen LogP contribution in [-0.2, 0) is 25.9 Å². The Hall–Kier alpha value is -3.34. The lowest BCUT2D eigenvalue weighted by molar-refractivity contribution is -0.146. The van der Waals surface area contributed by atoms with Gasteiger partial charge in [0.15, 0.2) is 14.6 Å². The third kappa shape index (κ3) is 4.71. The number of carbonyl (C=O) groups excluding carboxylic acids is 1. The highest BCUT2D eigenvalue weighted by Gasteiger charge is 2.44. The van der Waals surface area contributed by atoms with E-state index in [0.29, 0.717) is 5.69 Å². The third-order valence-corrected chi connectivity index (χ3v) is 7.06. The van der Waals surface area contributed by atoms with E-state index >= 15 is 0 Å². The number of esters is 1. The van der Waals surface area contributed by atoms with Crippen molar-refractivity contribution >= 4 is 15.8 Å². The van der Waals surface area contributed by atoms with E-state index in [4.69, 9.17) is 4.74 Å². The second-order valence-corrected chi connectivity index (χ2v) is 9.59. The molecule has 0 saturated heterocycles. The molecule has 0 spiro atoms. The van der Waals surface area contributed by atoms with E-state index in [-0.39, 0.29) is 25.1 Å². The summed E-state index contributed by atoms with van der Waals surface area (Å²) in [4.78, 5) is 30.6. The number of aromatic nitrogens is 5. The molecule has 0 bridgehead atoms. The van der Waals surface area contributed by atoms with Crippen molar-refractivity contribution < 1.29 is 17.9 Å². The first-order valence-electron chi connectivity index (χ1n) is 9.56. The van der Waals surface area contributed by atoms with Crippen molar-refractivity contribution in [1.82, 2.24) is 24.5 Å². The minimum Gasteiger partial charge on any atom is -0.465 e. The largest absolute Gasteiger partial charge is 0.465 e. The van der Waals surface area contributed by atoms with Gasteiger partial charge in [0.05, 0.1) is 36.7 Å². The zero-order valence-electron chi connectivity index (χ0n) is 17.4. The van der Waals surface area contributed by atoms with Gasteiger partial charge in [-0.3, -0.25) is 14.2 Å². The summed E-state index contributed by atoms with van der Waals surface area (Å²) in [6, 6.07) is 8.57. The standard InChI is InChI=1S/C20H23N5O5S/c1-4-30-19(27)20(2,31(3,28)29)9-12-24-14-21-17(13-18(24)26)15-5-7-16(8-6-15)25-22-10-11-23-25/h5-8,10-11,13-14H,4,9,12H2,1-3H3/t20-/m1/s1. The zero-order valence-corrected chi connectivity index (χ0v) is 18.2. The lowest BCUT2D eigenvalue weighted by atomic mass is 10.1. The lowest BCUT2D eigenvalue weighted by Gasteiger charge is -2.25. The molecule has 1 aromatic carbocycles. The number of hydrogen-bond donors (Lipinski definition) is 0. The smallest absolute Gasteiger partial charge is 0.327 e. The fraction of sp³-hybridized carbons (Fsp3) is 0.350. The second kappa shape index (κ2) is 8.80. The average Bonchev–Trinajstić information content (AvgIpc) is 3.27. The number of nitrogens with zero attached hydrogens (tertiary/aromatic N) is 5. The van der Waals surface area contributed by atoms with Crippen LogP contribution in [0.3, 0.4) is 0 Å². The minimum absolute atomic E-state index is 0.00158. The molecular formula is C20H23N5O5S. The molecule has 0 aliphatic heterocycles. The molecule has 0 aliphatic rings. The molecule has 3 aromatic rings. The summed E-state index contributed by atoms with van der Waals surface area (Å²) in [5, 5.41) is 8.11. The van der Waals surface area contributed by atoms with E-state index in [1.165, 1.54) is 28.7 Å². The molecule has 0 radical (unpaired) electrons. The molecule has 0 saturated carbocycles. The molecule has 0 N–H and O–H groups in total. The van der Waals surface area contributed by atoms with Crippen molar-refractivity contribution in [3.63, 3.8) is 0 Å². The Kier molecular flexibility index (Phi) is 6.34. The summed E-state index contributed by atoms with van der Waals surface area (Å²) in [5.74, 6) is -0.832. The SMILES string of the molecule is CCOC(=O)[C@@](C)(CCn1cnc(-c2ccc(-n3nccn3)cc2)cc1=O)S(C)(=O)=O. The van der Waals surface area contributed by atoms with Crippen molar-refractivity contribution in [2.24, 2.45) is 0 Å². The highest BCUT2D eigenvalue weighted by molar-refractivity contribution is 7.92. The summed E-state index contributed by atoms with van der Waals surface area (Å²) >= 11 is 0. The van der Waals surface area contributed by atoms with E-state index in [1.807, 2.05) is 0 Å². The summed E-state index contributed by atoms with van der Waals surface area (Å²) in [6.45, 7) is 2.98. The number of aryl methyl sites for hydroxylation is 1. The van der Waals surface area contributed by atoms with Gasteiger partial charge in [0.1, 0.15) is 0 Å². The van der Waals surface area contributed by atoms with Crippen LogP contribution in [0.4, 0.5) is 0 Å². The van der Waals surface area contributed by atoms with Crippen molar-refractivity contribution in [2.75, 3.05) is 12.9 Å². The number of hydrogen-bond acceptors (Lipinski definition) is 8. The molecule has 3 rings (SSSR count). The molecule has 0 amide bonds. The molecule has 2 aromatic heterocycles. The molecule has 0 aliphatic carbocycles. The maximum absolute atomic E-state index is 12.6. The van der Waals surface area contributed by atoms with Crippen molar-refractivity contribution in [1.29, 1.82) is 0 Å². The van der Waals surface area contributed by atoms with Crippen LogP contribution in [0.15, 0.2) is 53.8 Å². The van der Waals surface area contributed by atoms with Crippen molar-refractivity contribution in [3.05, 3.63) is 59.4 Å². The number of ether oxygens (including phenoxy) is 1. The number of benzene rings is 1. The second-order valence-electron chi connectivity index (χ2n) is 7.14. The van der Waals surface area contributed by atoms with Gasteiger partial charge >= 0.3 is 5.97 Å². The molecule has 0 unspecified atom stereocenters. The van der Waals surface area contributed by atoms with Gasteiger partial charge < -0.3 is 4.74 Å². The van der Waals surface area contributed by atoms with Crippen LogP contribution < -0.4 is 5.56 Å². The van der Waals surface area contributed by atoms with E-state index < -0.39 is 20.6 Å². The van der Waals surface area contributed by atoms with Crippen LogP contribution in [0.5, 0.6) is 0 Å². The molecule has 10 nitrogen and oxygen atoms in total. The lowest BCUT2D eigenvalue weighted by Crippen LogP contribution is -2.45. The predicted molar refractivity (Wildman–Crippen MR) is 113 cm³/mol. The maximum atomic E-state index is 12.6. The first kappa shape index (κ1) is 22.3. The number of carbonyl (C=O) groups is 1. The highest BCUT2D eigenvalue weighted by atomic mass is 32.2. The van der Waals surface area contributed by atoms with E-state index in [9.17, 15) is 18.0 Å². The Labute approximate surface area is 179 Å². The predicted octanol–water partition coefficient (Wildman–Crippen LogP) is 1.25. The van der Waals surface area contributed by atoms with Crippen molar-refractivity contribution in [3.8, 4) is 16.9 Å². The quantitative estimate of drug-likeness (QED) is 0.474. The zero-order chi connectivity index (χ0) is 22.6. The van der Waals surface area contributed by atoms with Gasteiger partial charge in [-0.05, 0) is 32.4 Å². The fourth-order valence-corrected chi connectivity index (χ4v) is 3.75.